The van der Waals surface area contributed by atoms with E-state index in [1.165, 1.54) is 12.3 Å². The standard InChI is InChI=1S/C19H23F4N3O2.C19H24FN5O/c1-11(2)7-19(24,9-27)10-28-16-8-26-14(6-13(16)17(20)21)12-3-4-25-15(5-12)18(22)23;1-13(2)10-19(3,21)12-26-17-5-4-14(24-15(17)11-20)16-6-8-22-18-7-9-23-25(16)18/h3-6,8,11,17-18,27H,7,9-10,24H2,1-2H3;4-9,13H,10-12,21H2,1-3H3. The molecule has 0 aromatic carbocycles. The molecule has 0 radical (unpaired) electrons. The maximum Gasteiger partial charge on any atom is 0.280 e. The van der Waals surface area contributed by atoms with Crippen LogP contribution in [0.15, 0.2) is 67.3 Å². The minimum atomic E-state index is -2.88. The first kappa shape index (κ1) is 41.9. The molecule has 2 unspecified atom stereocenters. The zero-order chi connectivity index (χ0) is 39.6. The second kappa shape index (κ2) is 18.5. The average molecular weight is 759 g/mol. The molecule has 5 aromatic heterocycles. The lowest BCUT2D eigenvalue weighted by Gasteiger charge is -2.29. The summed E-state index contributed by atoms with van der Waals surface area (Å²) >= 11 is 0. The zero-order valence-electron chi connectivity index (χ0n) is 30.9. The molecule has 5 aromatic rings. The van der Waals surface area contributed by atoms with Crippen LogP contribution in [-0.2, 0) is 6.67 Å². The molecule has 0 bridgehead atoms. The van der Waals surface area contributed by atoms with Crippen molar-refractivity contribution < 1.29 is 36.5 Å². The maximum atomic E-state index is 13.6. The molecule has 0 saturated heterocycles. The first-order valence-electron chi connectivity index (χ1n) is 17.4. The molecule has 0 amide bonds. The van der Waals surface area contributed by atoms with Crippen LogP contribution in [0.1, 0.15) is 77.3 Å². The van der Waals surface area contributed by atoms with E-state index in [9.17, 15) is 27.1 Å². The summed E-state index contributed by atoms with van der Waals surface area (Å²) in [5.41, 5.74) is 12.5. The van der Waals surface area contributed by atoms with Crippen molar-refractivity contribution in [3.05, 3.63) is 84.2 Å². The Morgan fingerprint density at radius 1 is 0.796 bits per heavy atom. The van der Waals surface area contributed by atoms with Gasteiger partial charge in [0.2, 0.25) is 0 Å². The van der Waals surface area contributed by atoms with Gasteiger partial charge < -0.3 is 26.0 Å². The van der Waals surface area contributed by atoms with Gasteiger partial charge in [0, 0.05) is 29.6 Å². The predicted octanol–water partition coefficient (Wildman–Crippen LogP) is 7.54. The molecular weight excluding hydrogens is 711 g/mol. The Hall–Kier alpha value is -4.80. The third-order valence-corrected chi connectivity index (χ3v) is 8.12. The summed E-state index contributed by atoms with van der Waals surface area (Å²) in [6, 6.07) is 10.7. The molecule has 5 rings (SSSR count). The minimum absolute atomic E-state index is 0.0929. The van der Waals surface area contributed by atoms with E-state index in [0.717, 1.165) is 30.4 Å². The van der Waals surface area contributed by atoms with Crippen LogP contribution in [0.2, 0.25) is 0 Å². The van der Waals surface area contributed by atoms with E-state index < -0.39 is 41.9 Å². The summed E-state index contributed by atoms with van der Waals surface area (Å²) in [6.07, 6.45) is 1.21. The van der Waals surface area contributed by atoms with E-state index in [1.807, 2.05) is 20.8 Å². The third kappa shape index (κ3) is 11.4. The molecule has 54 heavy (non-hydrogen) atoms. The van der Waals surface area contributed by atoms with Crippen LogP contribution >= 0.6 is 0 Å². The van der Waals surface area contributed by atoms with Crippen molar-refractivity contribution in [2.24, 2.45) is 23.3 Å². The van der Waals surface area contributed by atoms with Crippen LogP contribution in [0.3, 0.4) is 0 Å². The highest BCUT2D eigenvalue weighted by Gasteiger charge is 2.28. The van der Waals surface area contributed by atoms with E-state index in [4.69, 9.17) is 20.9 Å². The molecule has 0 aliphatic heterocycles. The SMILES string of the molecule is CC(C)CC(C)(N)COc1ccc(-c2ccnc3ccnn23)nc1CF.CC(C)CC(N)(CO)COc1cnc(-c2ccnc(C(F)F)c2)cc1C(F)F. The number of aliphatic hydroxyl groups excluding tert-OH is 1. The van der Waals surface area contributed by atoms with E-state index in [0.29, 0.717) is 36.0 Å². The van der Waals surface area contributed by atoms with Crippen LogP contribution in [-0.4, -0.2) is 65.6 Å². The van der Waals surface area contributed by atoms with Crippen molar-refractivity contribution in [1.82, 2.24) is 29.5 Å². The number of pyridine rings is 3. The van der Waals surface area contributed by atoms with Gasteiger partial charge in [0.25, 0.3) is 12.9 Å². The molecule has 292 valence electrons. The van der Waals surface area contributed by atoms with Crippen molar-refractivity contribution in [3.63, 3.8) is 0 Å². The lowest BCUT2D eigenvalue weighted by molar-refractivity contribution is 0.107. The van der Waals surface area contributed by atoms with Gasteiger partial charge in [0.1, 0.15) is 42.8 Å². The summed E-state index contributed by atoms with van der Waals surface area (Å²) in [5, 5.41) is 13.8. The molecule has 0 saturated carbocycles. The van der Waals surface area contributed by atoms with E-state index in [2.05, 4.69) is 38.9 Å². The fourth-order valence-electron chi connectivity index (χ4n) is 5.96. The van der Waals surface area contributed by atoms with Crippen LogP contribution in [0.4, 0.5) is 22.0 Å². The fourth-order valence-corrected chi connectivity index (χ4v) is 5.96. The summed E-state index contributed by atoms with van der Waals surface area (Å²) < 4.78 is 79.1. The molecule has 5 N–H and O–H groups in total. The van der Waals surface area contributed by atoms with Crippen molar-refractivity contribution in [1.29, 1.82) is 0 Å². The highest BCUT2D eigenvalue weighted by atomic mass is 19.3. The molecule has 0 spiro atoms. The van der Waals surface area contributed by atoms with E-state index in [-0.39, 0.29) is 41.8 Å². The lowest BCUT2D eigenvalue weighted by atomic mass is 9.91. The smallest absolute Gasteiger partial charge is 0.280 e. The second-order valence-corrected chi connectivity index (χ2v) is 14.3. The second-order valence-electron chi connectivity index (χ2n) is 14.3. The van der Waals surface area contributed by atoms with Gasteiger partial charge in [-0.25, -0.2) is 36.4 Å². The molecule has 16 heteroatoms. The summed E-state index contributed by atoms with van der Waals surface area (Å²) in [5.74, 6) is 0.876. The largest absolute Gasteiger partial charge is 0.490 e. The Bertz CT molecular complexity index is 1960. The van der Waals surface area contributed by atoms with Gasteiger partial charge in [-0.05, 0) is 68.0 Å². The van der Waals surface area contributed by atoms with Crippen LogP contribution in [0.5, 0.6) is 11.5 Å². The molecule has 5 heterocycles. The number of hydrogen-bond donors (Lipinski definition) is 3. The van der Waals surface area contributed by atoms with Gasteiger partial charge >= 0.3 is 0 Å². The maximum absolute atomic E-state index is 13.6. The number of rotatable bonds is 16. The normalized spacial score (nSPS) is 13.9. The Labute approximate surface area is 311 Å². The van der Waals surface area contributed by atoms with Crippen molar-refractivity contribution in [2.75, 3.05) is 19.8 Å². The number of fused-ring (bicyclic) bond motifs is 1. The van der Waals surface area contributed by atoms with Crippen molar-refractivity contribution in [2.45, 2.75) is 78.1 Å². The minimum Gasteiger partial charge on any atom is -0.490 e. The highest BCUT2D eigenvalue weighted by Crippen LogP contribution is 2.33. The monoisotopic (exact) mass is 758 g/mol. The molecule has 2 atom stereocenters. The van der Waals surface area contributed by atoms with Crippen LogP contribution in [0, 0.1) is 11.8 Å². The van der Waals surface area contributed by atoms with Crippen LogP contribution < -0.4 is 20.9 Å². The number of nitrogens with two attached hydrogens (primary N) is 2. The Morgan fingerprint density at radius 3 is 2.15 bits per heavy atom. The quantitative estimate of drug-likeness (QED) is 0.0859. The Kier molecular flexibility index (Phi) is 14.4. The summed E-state index contributed by atoms with van der Waals surface area (Å²) in [7, 11) is 0. The first-order chi connectivity index (χ1) is 25.5. The summed E-state index contributed by atoms with van der Waals surface area (Å²) in [6.45, 7) is 9.04. The third-order valence-electron chi connectivity index (χ3n) is 8.12. The van der Waals surface area contributed by atoms with Crippen molar-refractivity contribution in [3.8, 4) is 34.1 Å². The first-order valence-corrected chi connectivity index (χ1v) is 17.4. The number of aliphatic hydroxyl groups is 1. The van der Waals surface area contributed by atoms with Gasteiger partial charge in [-0.2, -0.15) is 5.10 Å². The highest BCUT2D eigenvalue weighted by molar-refractivity contribution is 5.61. The Morgan fingerprint density at radius 2 is 1.50 bits per heavy atom. The fraction of sp³-hybridized carbons (Fsp3) is 0.447. The van der Waals surface area contributed by atoms with Gasteiger partial charge in [0.15, 0.2) is 5.65 Å². The van der Waals surface area contributed by atoms with E-state index in [1.54, 1.807) is 41.2 Å². The molecule has 11 nitrogen and oxygen atoms in total. The molecule has 0 aliphatic rings. The number of alkyl halides is 5. The summed E-state index contributed by atoms with van der Waals surface area (Å²) in [4.78, 5) is 16.2. The number of aromatic nitrogens is 6. The molecule has 0 aliphatic carbocycles. The number of nitrogens with zero attached hydrogens (tertiary/aromatic N) is 6. The van der Waals surface area contributed by atoms with Crippen molar-refractivity contribution >= 4 is 5.65 Å². The molecular formula is C38H47F5N8O3. The lowest BCUT2D eigenvalue weighted by Crippen LogP contribution is -2.50. The van der Waals surface area contributed by atoms with Gasteiger partial charge in [-0.3, -0.25) is 9.97 Å². The topological polar surface area (TPSA) is 160 Å². The zero-order valence-corrected chi connectivity index (χ0v) is 30.9. The van der Waals surface area contributed by atoms with Crippen LogP contribution in [0.25, 0.3) is 28.3 Å². The van der Waals surface area contributed by atoms with Gasteiger partial charge in [0.05, 0.1) is 47.2 Å². The van der Waals surface area contributed by atoms with Gasteiger partial charge in [-0.1, -0.05) is 27.7 Å². The average Bonchev–Trinajstić information content (AvgIpc) is 3.62. The Balaban J connectivity index is 0.000000241. The number of halogens is 5. The van der Waals surface area contributed by atoms with E-state index >= 15 is 0 Å². The molecule has 0 fully saturated rings. The number of hydrogen-bond acceptors (Lipinski definition) is 10. The van der Waals surface area contributed by atoms with Gasteiger partial charge in [-0.15, -0.1) is 0 Å². The predicted molar refractivity (Wildman–Crippen MR) is 195 cm³/mol. The number of ether oxygens (including phenoxy) is 2.